The van der Waals surface area contributed by atoms with E-state index in [1.807, 2.05) is 35.2 Å². The number of carbonyl (C=O) groups is 1. The van der Waals surface area contributed by atoms with Gasteiger partial charge in [-0.3, -0.25) is 9.78 Å². The number of pyridine rings is 1. The van der Waals surface area contributed by atoms with E-state index in [4.69, 9.17) is 0 Å². The summed E-state index contributed by atoms with van der Waals surface area (Å²) in [5.41, 5.74) is 0.537. The van der Waals surface area contributed by atoms with Crippen LogP contribution in [-0.4, -0.2) is 65.0 Å². The van der Waals surface area contributed by atoms with Gasteiger partial charge in [-0.05, 0) is 24.3 Å². The zero-order chi connectivity index (χ0) is 19.6. The average molecular weight is 388 g/mol. The summed E-state index contributed by atoms with van der Waals surface area (Å²) >= 11 is 0. The molecule has 0 aliphatic carbocycles. The van der Waals surface area contributed by atoms with E-state index in [1.165, 1.54) is 12.8 Å². The third-order valence-corrected chi connectivity index (χ3v) is 5.84. The second kappa shape index (κ2) is 7.66. The summed E-state index contributed by atoms with van der Waals surface area (Å²) in [4.78, 5) is 32.9. The topological polar surface area (TPSA) is 65.5 Å². The minimum Gasteiger partial charge on any atom is -0.356 e. The summed E-state index contributed by atoms with van der Waals surface area (Å²) < 4.78 is 0. The van der Waals surface area contributed by atoms with Crippen molar-refractivity contribution >= 4 is 28.3 Å². The fourth-order valence-corrected chi connectivity index (χ4v) is 4.21. The SMILES string of the molecule is O=C(c1nccc2ccccc12)N1CCN(c2cc(N3CCCC3)ncn2)CC1. The van der Waals surface area contributed by atoms with Crippen LogP contribution in [0.2, 0.25) is 0 Å². The molecule has 0 spiro atoms. The fraction of sp³-hybridized carbons (Fsp3) is 0.364. The van der Waals surface area contributed by atoms with E-state index in [1.54, 1.807) is 12.5 Å². The van der Waals surface area contributed by atoms with Crippen LogP contribution >= 0.6 is 0 Å². The Morgan fingerprint density at radius 1 is 0.793 bits per heavy atom. The van der Waals surface area contributed by atoms with E-state index >= 15 is 0 Å². The highest BCUT2D eigenvalue weighted by Crippen LogP contribution is 2.23. The number of fused-ring (bicyclic) bond motifs is 1. The number of rotatable bonds is 3. The average Bonchev–Trinajstić information content (AvgIpc) is 3.34. The van der Waals surface area contributed by atoms with Gasteiger partial charge in [0.15, 0.2) is 0 Å². The number of hydrogen-bond acceptors (Lipinski definition) is 6. The normalized spacial score (nSPS) is 17.2. The van der Waals surface area contributed by atoms with Crippen LogP contribution in [0, 0.1) is 0 Å². The largest absolute Gasteiger partial charge is 0.356 e. The summed E-state index contributed by atoms with van der Waals surface area (Å²) in [6.45, 7) is 4.97. The molecule has 4 heterocycles. The maximum atomic E-state index is 13.1. The van der Waals surface area contributed by atoms with E-state index in [-0.39, 0.29) is 5.91 Å². The molecule has 0 unspecified atom stereocenters. The second-order valence-electron chi connectivity index (χ2n) is 7.59. The van der Waals surface area contributed by atoms with Crippen molar-refractivity contribution in [3.63, 3.8) is 0 Å². The number of carbonyl (C=O) groups excluding carboxylic acids is 1. The maximum absolute atomic E-state index is 13.1. The predicted octanol–water partition coefficient (Wildman–Crippen LogP) is 2.59. The Balaban J connectivity index is 1.29. The van der Waals surface area contributed by atoms with E-state index in [9.17, 15) is 4.79 Å². The van der Waals surface area contributed by atoms with Crippen molar-refractivity contribution in [3.05, 3.63) is 54.6 Å². The number of amides is 1. The lowest BCUT2D eigenvalue weighted by atomic mass is 10.1. The zero-order valence-corrected chi connectivity index (χ0v) is 16.4. The van der Waals surface area contributed by atoms with Crippen LogP contribution in [0.3, 0.4) is 0 Å². The fourth-order valence-electron chi connectivity index (χ4n) is 4.21. The van der Waals surface area contributed by atoms with Gasteiger partial charge in [0.25, 0.3) is 5.91 Å². The first kappa shape index (κ1) is 17.8. The molecule has 1 amide bonds. The van der Waals surface area contributed by atoms with Crippen molar-refractivity contribution in [1.29, 1.82) is 0 Å². The van der Waals surface area contributed by atoms with Crippen molar-refractivity contribution < 1.29 is 4.79 Å². The highest BCUT2D eigenvalue weighted by Gasteiger charge is 2.25. The highest BCUT2D eigenvalue weighted by molar-refractivity contribution is 6.05. The molecule has 0 atom stereocenters. The predicted molar refractivity (Wildman–Crippen MR) is 113 cm³/mol. The number of benzene rings is 1. The van der Waals surface area contributed by atoms with Gasteiger partial charge < -0.3 is 14.7 Å². The minimum atomic E-state index is 0.00175. The molecule has 0 saturated carbocycles. The molecule has 2 aliphatic rings. The first-order valence-corrected chi connectivity index (χ1v) is 10.2. The van der Waals surface area contributed by atoms with Gasteiger partial charge in [0, 0.05) is 56.9 Å². The molecule has 29 heavy (non-hydrogen) atoms. The molecule has 0 radical (unpaired) electrons. The van der Waals surface area contributed by atoms with Crippen molar-refractivity contribution in [2.75, 3.05) is 49.1 Å². The van der Waals surface area contributed by atoms with Gasteiger partial charge in [0.1, 0.15) is 23.7 Å². The number of aromatic nitrogens is 3. The Morgan fingerprint density at radius 3 is 2.24 bits per heavy atom. The molecule has 2 saturated heterocycles. The molecule has 2 fully saturated rings. The Labute approximate surface area is 170 Å². The molecule has 7 nitrogen and oxygen atoms in total. The lowest BCUT2D eigenvalue weighted by Crippen LogP contribution is -2.49. The molecule has 5 rings (SSSR count). The summed E-state index contributed by atoms with van der Waals surface area (Å²) in [6, 6.07) is 11.9. The van der Waals surface area contributed by atoms with Crippen LogP contribution in [0.4, 0.5) is 11.6 Å². The van der Waals surface area contributed by atoms with Gasteiger partial charge in [0.05, 0.1) is 0 Å². The van der Waals surface area contributed by atoms with Gasteiger partial charge >= 0.3 is 0 Å². The Kier molecular flexibility index (Phi) is 4.71. The number of piperazine rings is 1. The smallest absolute Gasteiger partial charge is 0.273 e. The first-order valence-electron chi connectivity index (χ1n) is 10.2. The number of nitrogens with zero attached hydrogens (tertiary/aromatic N) is 6. The summed E-state index contributed by atoms with van der Waals surface area (Å²) in [5.74, 6) is 1.95. The summed E-state index contributed by atoms with van der Waals surface area (Å²) in [5, 5.41) is 1.95. The van der Waals surface area contributed by atoms with Crippen LogP contribution in [-0.2, 0) is 0 Å². The van der Waals surface area contributed by atoms with Crippen LogP contribution in [0.15, 0.2) is 48.9 Å². The molecular formula is C22H24N6O. The summed E-state index contributed by atoms with van der Waals surface area (Å²) in [6.07, 6.45) is 5.82. The van der Waals surface area contributed by atoms with Gasteiger partial charge in [-0.25, -0.2) is 9.97 Å². The van der Waals surface area contributed by atoms with Gasteiger partial charge in [-0.1, -0.05) is 24.3 Å². The van der Waals surface area contributed by atoms with E-state index in [0.717, 1.165) is 48.6 Å². The minimum absolute atomic E-state index is 0.00175. The monoisotopic (exact) mass is 388 g/mol. The van der Waals surface area contributed by atoms with Crippen LogP contribution < -0.4 is 9.80 Å². The third kappa shape index (κ3) is 3.48. The number of anilines is 2. The Hall–Kier alpha value is -3.22. The molecule has 0 bridgehead atoms. The van der Waals surface area contributed by atoms with Gasteiger partial charge in [0.2, 0.25) is 0 Å². The molecule has 3 aromatic rings. The quantitative estimate of drug-likeness (QED) is 0.687. The summed E-state index contributed by atoms with van der Waals surface area (Å²) in [7, 11) is 0. The lowest BCUT2D eigenvalue weighted by Gasteiger charge is -2.35. The van der Waals surface area contributed by atoms with Crippen molar-refractivity contribution in [2.24, 2.45) is 0 Å². The molecule has 0 N–H and O–H groups in total. The Bertz CT molecular complexity index is 1020. The molecule has 1 aromatic carbocycles. The highest BCUT2D eigenvalue weighted by atomic mass is 16.2. The van der Waals surface area contributed by atoms with Crippen molar-refractivity contribution in [2.45, 2.75) is 12.8 Å². The molecule has 2 aliphatic heterocycles. The van der Waals surface area contributed by atoms with Crippen LogP contribution in [0.25, 0.3) is 10.8 Å². The standard InChI is InChI=1S/C22H24N6O/c29-22(21-18-6-2-1-5-17(18)7-8-23-21)28-13-11-27(12-14-28)20-15-19(24-16-25-20)26-9-3-4-10-26/h1-2,5-8,15-16H,3-4,9-14H2. The van der Waals surface area contributed by atoms with Gasteiger partial charge in [-0.15, -0.1) is 0 Å². The molecule has 7 heteroatoms. The molecule has 2 aromatic heterocycles. The van der Waals surface area contributed by atoms with E-state index < -0.39 is 0 Å². The third-order valence-electron chi connectivity index (χ3n) is 5.84. The van der Waals surface area contributed by atoms with Crippen LogP contribution in [0.5, 0.6) is 0 Å². The van der Waals surface area contributed by atoms with E-state index in [0.29, 0.717) is 18.8 Å². The second-order valence-corrected chi connectivity index (χ2v) is 7.59. The Morgan fingerprint density at radius 2 is 1.48 bits per heavy atom. The van der Waals surface area contributed by atoms with Crippen LogP contribution in [0.1, 0.15) is 23.3 Å². The van der Waals surface area contributed by atoms with E-state index in [2.05, 4.69) is 30.8 Å². The lowest BCUT2D eigenvalue weighted by molar-refractivity contribution is 0.0743. The van der Waals surface area contributed by atoms with Crippen molar-refractivity contribution in [1.82, 2.24) is 19.9 Å². The molecule has 148 valence electrons. The zero-order valence-electron chi connectivity index (χ0n) is 16.4. The van der Waals surface area contributed by atoms with Gasteiger partial charge in [-0.2, -0.15) is 0 Å². The first-order chi connectivity index (χ1) is 14.3. The molecular weight excluding hydrogens is 364 g/mol. The number of hydrogen-bond donors (Lipinski definition) is 0. The maximum Gasteiger partial charge on any atom is 0.273 e. The van der Waals surface area contributed by atoms with Crippen molar-refractivity contribution in [3.8, 4) is 0 Å².